The molecule has 0 saturated carbocycles. The number of carbonyl (C=O) groups excluding carboxylic acids is 1. The largest absolute Gasteiger partial charge is 0.493 e. The van der Waals surface area contributed by atoms with Crippen molar-refractivity contribution in [1.29, 1.82) is 0 Å². The summed E-state index contributed by atoms with van der Waals surface area (Å²) in [5, 5.41) is 3.20. The maximum atomic E-state index is 12.5. The zero-order valence-electron chi connectivity index (χ0n) is 14.6. The molecule has 1 amide bonds. The van der Waals surface area contributed by atoms with Gasteiger partial charge in [0.2, 0.25) is 5.91 Å². The van der Waals surface area contributed by atoms with Gasteiger partial charge in [0.1, 0.15) is 0 Å². The third-order valence-corrected chi connectivity index (χ3v) is 5.83. The highest BCUT2D eigenvalue weighted by atomic mass is 35.5. The number of methoxy groups -OCH3 is 2. The van der Waals surface area contributed by atoms with E-state index in [9.17, 15) is 13.2 Å². The summed E-state index contributed by atoms with van der Waals surface area (Å²) in [6.07, 6.45) is -0.0268. The Hall–Kier alpha value is -1.51. The van der Waals surface area contributed by atoms with E-state index >= 15 is 0 Å². The Bertz CT molecular complexity index is 696. The van der Waals surface area contributed by atoms with Crippen LogP contribution < -0.4 is 14.8 Å². The van der Waals surface area contributed by atoms with Crippen molar-refractivity contribution in [3.8, 4) is 11.5 Å². The Morgan fingerprint density at radius 3 is 2.56 bits per heavy atom. The molecule has 7 nitrogen and oxygen atoms in total. The number of amides is 1. The molecule has 25 heavy (non-hydrogen) atoms. The SMILES string of the molecule is COc1ccc(S(=O)(=O)CCC(=O)N2CCNC[C@@H]2C)cc1OC.Cl. The number of ether oxygens (including phenoxy) is 2. The maximum absolute atomic E-state index is 12.5. The number of hydrogen-bond donors (Lipinski definition) is 1. The topological polar surface area (TPSA) is 84.9 Å². The Kier molecular flexibility index (Phi) is 7.98. The van der Waals surface area contributed by atoms with Crippen LogP contribution in [-0.2, 0) is 14.6 Å². The minimum atomic E-state index is -3.57. The quantitative estimate of drug-likeness (QED) is 0.780. The van der Waals surface area contributed by atoms with Gasteiger partial charge in [0.05, 0.1) is 24.9 Å². The molecule has 1 N–H and O–H groups in total. The fraction of sp³-hybridized carbons (Fsp3) is 0.562. The van der Waals surface area contributed by atoms with E-state index in [0.717, 1.165) is 13.1 Å². The maximum Gasteiger partial charge on any atom is 0.223 e. The fourth-order valence-corrected chi connectivity index (χ4v) is 3.95. The summed E-state index contributed by atoms with van der Waals surface area (Å²) in [4.78, 5) is 14.2. The summed E-state index contributed by atoms with van der Waals surface area (Å²) < 4.78 is 35.2. The highest BCUT2D eigenvalue weighted by Crippen LogP contribution is 2.30. The predicted molar refractivity (Wildman–Crippen MR) is 97.5 cm³/mol. The van der Waals surface area contributed by atoms with Gasteiger partial charge in [0, 0.05) is 38.2 Å². The number of nitrogens with zero attached hydrogens (tertiary/aromatic N) is 1. The predicted octanol–water partition coefficient (Wildman–Crippen LogP) is 1.11. The van der Waals surface area contributed by atoms with E-state index in [-0.39, 0.29) is 41.4 Å². The van der Waals surface area contributed by atoms with E-state index in [2.05, 4.69) is 5.32 Å². The van der Waals surface area contributed by atoms with Crippen LogP contribution in [0.3, 0.4) is 0 Å². The van der Waals surface area contributed by atoms with Gasteiger partial charge in [-0.05, 0) is 19.1 Å². The monoisotopic (exact) mass is 392 g/mol. The lowest BCUT2D eigenvalue weighted by atomic mass is 10.2. The molecular weight excluding hydrogens is 368 g/mol. The number of piperazine rings is 1. The molecule has 2 rings (SSSR count). The Morgan fingerprint density at radius 1 is 1.28 bits per heavy atom. The van der Waals surface area contributed by atoms with E-state index < -0.39 is 9.84 Å². The number of sulfone groups is 1. The highest BCUT2D eigenvalue weighted by Gasteiger charge is 2.25. The number of halogens is 1. The Morgan fingerprint density at radius 2 is 1.96 bits per heavy atom. The summed E-state index contributed by atoms with van der Waals surface area (Å²) in [5.41, 5.74) is 0. The Balaban J connectivity index is 0.00000312. The van der Waals surface area contributed by atoms with Gasteiger partial charge in [-0.2, -0.15) is 0 Å². The molecule has 0 spiro atoms. The first-order valence-electron chi connectivity index (χ1n) is 7.84. The molecule has 1 aromatic carbocycles. The molecule has 0 aliphatic carbocycles. The summed E-state index contributed by atoms with van der Waals surface area (Å²) in [6.45, 7) is 4.02. The lowest BCUT2D eigenvalue weighted by molar-refractivity contribution is -0.133. The average molecular weight is 393 g/mol. The number of nitrogens with one attached hydrogen (secondary N) is 1. The zero-order chi connectivity index (χ0) is 17.7. The third-order valence-electron chi connectivity index (χ3n) is 4.12. The van der Waals surface area contributed by atoms with Crippen LogP contribution >= 0.6 is 12.4 Å². The van der Waals surface area contributed by atoms with Crippen molar-refractivity contribution >= 4 is 28.2 Å². The van der Waals surface area contributed by atoms with E-state index in [1.165, 1.54) is 26.4 Å². The van der Waals surface area contributed by atoms with E-state index in [4.69, 9.17) is 9.47 Å². The summed E-state index contributed by atoms with van der Waals surface area (Å²) >= 11 is 0. The van der Waals surface area contributed by atoms with Crippen LogP contribution in [0.4, 0.5) is 0 Å². The van der Waals surface area contributed by atoms with Crippen LogP contribution in [0.15, 0.2) is 23.1 Å². The lowest BCUT2D eigenvalue weighted by Crippen LogP contribution is -2.52. The van der Waals surface area contributed by atoms with Crippen molar-refractivity contribution in [3.63, 3.8) is 0 Å². The molecule has 1 saturated heterocycles. The van der Waals surface area contributed by atoms with Gasteiger partial charge in [0.25, 0.3) is 0 Å². The van der Waals surface area contributed by atoms with Crippen molar-refractivity contribution < 1.29 is 22.7 Å². The molecule has 1 aliphatic heterocycles. The van der Waals surface area contributed by atoms with Crippen LogP contribution in [-0.4, -0.2) is 64.9 Å². The van der Waals surface area contributed by atoms with Gasteiger partial charge < -0.3 is 19.7 Å². The first-order valence-corrected chi connectivity index (χ1v) is 9.49. The smallest absolute Gasteiger partial charge is 0.223 e. The molecule has 9 heteroatoms. The molecule has 1 heterocycles. The average Bonchev–Trinajstić information content (AvgIpc) is 2.59. The second-order valence-corrected chi connectivity index (χ2v) is 7.84. The van der Waals surface area contributed by atoms with Crippen LogP contribution in [0.2, 0.25) is 0 Å². The normalized spacial score (nSPS) is 17.6. The van der Waals surface area contributed by atoms with Crippen LogP contribution in [0.1, 0.15) is 13.3 Å². The first kappa shape index (κ1) is 21.5. The second-order valence-electron chi connectivity index (χ2n) is 5.73. The van der Waals surface area contributed by atoms with Crippen molar-refractivity contribution in [2.75, 3.05) is 39.6 Å². The minimum Gasteiger partial charge on any atom is -0.493 e. The summed E-state index contributed by atoms with van der Waals surface area (Å²) in [5.74, 6) is 0.452. The van der Waals surface area contributed by atoms with Gasteiger partial charge in [-0.25, -0.2) is 8.42 Å². The van der Waals surface area contributed by atoms with Crippen LogP contribution in [0.5, 0.6) is 11.5 Å². The van der Waals surface area contributed by atoms with Gasteiger partial charge in [-0.3, -0.25) is 4.79 Å². The van der Waals surface area contributed by atoms with E-state index in [1.54, 1.807) is 11.0 Å². The van der Waals surface area contributed by atoms with Crippen LogP contribution in [0, 0.1) is 0 Å². The molecule has 1 aliphatic rings. The molecule has 0 bridgehead atoms. The molecule has 0 unspecified atom stereocenters. The summed E-state index contributed by atoms with van der Waals surface area (Å²) in [6, 6.07) is 4.52. The zero-order valence-corrected chi connectivity index (χ0v) is 16.3. The van der Waals surface area contributed by atoms with Crippen LogP contribution in [0.25, 0.3) is 0 Å². The van der Waals surface area contributed by atoms with Gasteiger partial charge in [-0.1, -0.05) is 0 Å². The van der Waals surface area contributed by atoms with Gasteiger partial charge in [0.15, 0.2) is 21.3 Å². The molecule has 1 aromatic rings. The first-order chi connectivity index (χ1) is 11.4. The molecule has 142 valence electrons. The fourth-order valence-electron chi connectivity index (χ4n) is 2.70. The van der Waals surface area contributed by atoms with E-state index in [0.29, 0.717) is 18.0 Å². The standard InChI is InChI=1S/C16H24N2O5S.ClH/c1-12-11-17-7-8-18(12)16(19)6-9-24(20,21)13-4-5-14(22-2)15(10-13)23-3;/h4-5,10,12,17H,6-9,11H2,1-3H3;1H/t12-;/m0./s1. The van der Waals surface area contributed by atoms with E-state index in [1.807, 2.05) is 6.92 Å². The second kappa shape index (κ2) is 9.26. The molecule has 1 fully saturated rings. The highest BCUT2D eigenvalue weighted by molar-refractivity contribution is 7.91. The number of hydrogen-bond acceptors (Lipinski definition) is 6. The van der Waals surface area contributed by atoms with Gasteiger partial charge >= 0.3 is 0 Å². The number of benzene rings is 1. The molecule has 0 aromatic heterocycles. The van der Waals surface area contributed by atoms with Gasteiger partial charge in [-0.15, -0.1) is 12.4 Å². The minimum absolute atomic E-state index is 0. The lowest BCUT2D eigenvalue weighted by Gasteiger charge is -2.34. The van der Waals surface area contributed by atoms with Crippen molar-refractivity contribution in [2.24, 2.45) is 0 Å². The van der Waals surface area contributed by atoms with Crippen molar-refractivity contribution in [1.82, 2.24) is 10.2 Å². The molecule has 1 atom stereocenters. The Labute approximate surface area is 155 Å². The number of carbonyl (C=O) groups is 1. The summed E-state index contributed by atoms with van der Waals surface area (Å²) in [7, 11) is -0.634. The van der Waals surface area contributed by atoms with Crippen molar-refractivity contribution in [3.05, 3.63) is 18.2 Å². The van der Waals surface area contributed by atoms with Crippen molar-refractivity contribution in [2.45, 2.75) is 24.3 Å². The molecule has 0 radical (unpaired) electrons. The molecular formula is C16H25ClN2O5S. The number of rotatable bonds is 6. The third kappa shape index (κ3) is 5.23.